The monoisotopic (exact) mass is 309 g/mol. The van der Waals surface area contributed by atoms with Crippen LogP contribution in [0.2, 0.25) is 0 Å². The van der Waals surface area contributed by atoms with E-state index in [1.165, 1.54) is 30.3 Å². The number of aliphatic hydroxyl groups excluding tert-OH is 1. The highest BCUT2D eigenvalue weighted by atomic mass is 32.2. The van der Waals surface area contributed by atoms with E-state index in [1.54, 1.807) is 19.9 Å². The third-order valence-electron chi connectivity index (χ3n) is 3.23. The quantitative estimate of drug-likeness (QED) is 0.912. The van der Waals surface area contributed by atoms with E-state index in [2.05, 4.69) is 4.72 Å². The lowest BCUT2D eigenvalue weighted by Gasteiger charge is -2.12. The number of nitrogens with one attached hydrogen (secondary N) is 1. The zero-order chi connectivity index (χ0) is 15.6. The van der Waals surface area contributed by atoms with Crippen molar-refractivity contribution in [1.29, 1.82) is 0 Å². The van der Waals surface area contributed by atoms with Crippen molar-refractivity contribution >= 4 is 15.7 Å². The predicted molar refractivity (Wildman–Crippen MR) is 79.0 cm³/mol. The summed E-state index contributed by atoms with van der Waals surface area (Å²) >= 11 is 0. The molecule has 0 heterocycles. The first-order chi connectivity index (χ1) is 9.83. The van der Waals surface area contributed by atoms with Gasteiger partial charge in [-0.1, -0.05) is 6.07 Å². The Bertz CT molecular complexity index is 772. The lowest BCUT2D eigenvalue weighted by molar-refractivity contribution is 0.281. The molecule has 0 saturated carbocycles. The van der Waals surface area contributed by atoms with Crippen LogP contribution in [0.5, 0.6) is 0 Å². The van der Waals surface area contributed by atoms with Crippen molar-refractivity contribution in [2.24, 2.45) is 0 Å². The molecule has 2 aromatic rings. The van der Waals surface area contributed by atoms with Gasteiger partial charge in [0, 0.05) is 0 Å². The molecule has 0 amide bonds. The SMILES string of the molecule is Cc1ccc(S(=O)(=O)Nc2ccc(F)cc2C)cc1CO. The molecular formula is C15H16FNO3S. The molecule has 0 fully saturated rings. The maximum atomic E-state index is 13.0. The highest BCUT2D eigenvalue weighted by Crippen LogP contribution is 2.22. The Morgan fingerprint density at radius 2 is 1.81 bits per heavy atom. The second kappa shape index (κ2) is 5.83. The van der Waals surface area contributed by atoms with Gasteiger partial charge in [0.25, 0.3) is 10.0 Å². The van der Waals surface area contributed by atoms with Gasteiger partial charge in [0.2, 0.25) is 0 Å². The number of hydrogen-bond acceptors (Lipinski definition) is 3. The molecular weight excluding hydrogens is 293 g/mol. The van der Waals surface area contributed by atoms with Gasteiger partial charge in [-0.05, 0) is 60.9 Å². The van der Waals surface area contributed by atoms with Gasteiger partial charge >= 0.3 is 0 Å². The van der Waals surface area contributed by atoms with Crippen LogP contribution in [0.1, 0.15) is 16.7 Å². The summed E-state index contributed by atoms with van der Waals surface area (Å²) < 4.78 is 40.1. The molecule has 0 aliphatic heterocycles. The van der Waals surface area contributed by atoms with Crippen molar-refractivity contribution in [1.82, 2.24) is 0 Å². The Labute approximate surface area is 123 Å². The highest BCUT2D eigenvalue weighted by molar-refractivity contribution is 7.92. The van der Waals surface area contributed by atoms with Gasteiger partial charge in [-0.3, -0.25) is 4.72 Å². The zero-order valence-corrected chi connectivity index (χ0v) is 12.5. The molecule has 6 heteroatoms. The molecule has 0 saturated heterocycles. The molecule has 2 aromatic carbocycles. The Hall–Kier alpha value is -1.92. The molecule has 0 bridgehead atoms. The minimum absolute atomic E-state index is 0.0564. The number of sulfonamides is 1. The van der Waals surface area contributed by atoms with Gasteiger partial charge in [0.1, 0.15) is 5.82 Å². The van der Waals surface area contributed by atoms with Gasteiger partial charge < -0.3 is 5.11 Å². The smallest absolute Gasteiger partial charge is 0.261 e. The molecule has 21 heavy (non-hydrogen) atoms. The van der Waals surface area contributed by atoms with Crippen LogP contribution in [-0.2, 0) is 16.6 Å². The Balaban J connectivity index is 2.38. The van der Waals surface area contributed by atoms with Crippen LogP contribution in [0, 0.1) is 19.7 Å². The molecule has 0 aromatic heterocycles. The van der Waals surface area contributed by atoms with Crippen LogP contribution in [0.15, 0.2) is 41.3 Å². The van der Waals surface area contributed by atoms with Crippen molar-refractivity contribution in [3.63, 3.8) is 0 Å². The summed E-state index contributed by atoms with van der Waals surface area (Å²) in [6.45, 7) is 3.18. The number of hydrogen-bond donors (Lipinski definition) is 2. The maximum Gasteiger partial charge on any atom is 0.261 e. The van der Waals surface area contributed by atoms with Gasteiger partial charge in [-0.25, -0.2) is 12.8 Å². The Kier molecular flexibility index (Phi) is 4.29. The minimum Gasteiger partial charge on any atom is -0.392 e. The molecule has 2 rings (SSSR count). The summed E-state index contributed by atoms with van der Waals surface area (Å²) in [6, 6.07) is 8.36. The first-order valence-corrected chi connectivity index (χ1v) is 7.81. The van der Waals surface area contributed by atoms with E-state index in [0.29, 0.717) is 16.8 Å². The predicted octanol–water partition coefficient (Wildman–Crippen LogP) is 2.74. The van der Waals surface area contributed by atoms with Gasteiger partial charge in [-0.15, -0.1) is 0 Å². The third kappa shape index (κ3) is 3.40. The molecule has 0 aliphatic carbocycles. The summed E-state index contributed by atoms with van der Waals surface area (Å²) in [5.41, 5.74) is 2.18. The molecule has 0 aliphatic rings. The lowest BCUT2D eigenvalue weighted by Crippen LogP contribution is -2.14. The molecule has 2 N–H and O–H groups in total. The van der Waals surface area contributed by atoms with E-state index in [1.807, 2.05) is 0 Å². The molecule has 0 unspecified atom stereocenters. The van der Waals surface area contributed by atoms with Crippen molar-refractivity contribution in [3.05, 3.63) is 58.9 Å². The molecule has 4 nitrogen and oxygen atoms in total. The van der Waals surface area contributed by atoms with E-state index >= 15 is 0 Å². The zero-order valence-electron chi connectivity index (χ0n) is 11.7. The third-order valence-corrected chi connectivity index (χ3v) is 4.60. The molecule has 112 valence electrons. The molecule has 0 spiro atoms. The number of rotatable bonds is 4. The highest BCUT2D eigenvalue weighted by Gasteiger charge is 2.16. The number of halogens is 1. The average molecular weight is 309 g/mol. The fourth-order valence-corrected chi connectivity index (χ4v) is 3.11. The van der Waals surface area contributed by atoms with Gasteiger partial charge in [0.15, 0.2) is 0 Å². The average Bonchev–Trinajstić information content (AvgIpc) is 2.42. The largest absolute Gasteiger partial charge is 0.392 e. The fourth-order valence-electron chi connectivity index (χ4n) is 1.93. The second-order valence-corrected chi connectivity index (χ2v) is 6.49. The maximum absolute atomic E-state index is 13.0. The summed E-state index contributed by atoms with van der Waals surface area (Å²) in [4.78, 5) is 0.0564. The lowest BCUT2D eigenvalue weighted by atomic mass is 10.1. The van der Waals surface area contributed by atoms with E-state index in [4.69, 9.17) is 0 Å². The fraction of sp³-hybridized carbons (Fsp3) is 0.200. The van der Waals surface area contributed by atoms with Crippen LogP contribution in [0.25, 0.3) is 0 Å². The van der Waals surface area contributed by atoms with Crippen LogP contribution >= 0.6 is 0 Å². The van der Waals surface area contributed by atoms with Crippen molar-refractivity contribution in [2.45, 2.75) is 25.3 Å². The second-order valence-electron chi connectivity index (χ2n) is 4.81. The van der Waals surface area contributed by atoms with E-state index in [-0.39, 0.29) is 11.5 Å². The first kappa shape index (κ1) is 15.5. The molecule has 0 radical (unpaired) electrons. The Morgan fingerprint density at radius 3 is 2.43 bits per heavy atom. The number of aliphatic hydroxyl groups is 1. The first-order valence-electron chi connectivity index (χ1n) is 6.33. The summed E-state index contributed by atoms with van der Waals surface area (Å²) in [5, 5.41) is 9.22. The van der Waals surface area contributed by atoms with E-state index < -0.39 is 15.8 Å². The number of anilines is 1. The van der Waals surface area contributed by atoms with Gasteiger partial charge in [0.05, 0.1) is 17.2 Å². The van der Waals surface area contributed by atoms with E-state index in [9.17, 15) is 17.9 Å². The number of aryl methyl sites for hydroxylation is 2. The Morgan fingerprint density at radius 1 is 1.10 bits per heavy atom. The summed E-state index contributed by atoms with van der Waals surface area (Å²) in [7, 11) is -3.78. The van der Waals surface area contributed by atoms with Crippen molar-refractivity contribution < 1.29 is 17.9 Å². The molecule has 0 atom stereocenters. The van der Waals surface area contributed by atoms with Crippen molar-refractivity contribution in [2.75, 3.05) is 4.72 Å². The summed E-state index contributed by atoms with van der Waals surface area (Å²) in [6.07, 6.45) is 0. The standard InChI is InChI=1S/C15H16FNO3S/c1-10-3-5-14(8-12(10)9-18)21(19,20)17-15-6-4-13(16)7-11(15)2/h3-8,17-18H,9H2,1-2H3. The normalized spacial score (nSPS) is 11.4. The van der Waals surface area contributed by atoms with Crippen LogP contribution in [0.3, 0.4) is 0 Å². The van der Waals surface area contributed by atoms with Crippen LogP contribution in [0.4, 0.5) is 10.1 Å². The topological polar surface area (TPSA) is 66.4 Å². The van der Waals surface area contributed by atoms with Gasteiger partial charge in [-0.2, -0.15) is 0 Å². The van der Waals surface area contributed by atoms with Crippen LogP contribution < -0.4 is 4.72 Å². The summed E-state index contributed by atoms with van der Waals surface area (Å²) in [5.74, 6) is -0.423. The number of benzene rings is 2. The van der Waals surface area contributed by atoms with E-state index in [0.717, 1.165) is 5.56 Å². The van der Waals surface area contributed by atoms with Crippen LogP contribution in [-0.4, -0.2) is 13.5 Å². The minimum atomic E-state index is -3.78. The van der Waals surface area contributed by atoms with Crippen molar-refractivity contribution in [3.8, 4) is 0 Å².